The molecule has 7 nitrogen and oxygen atoms in total. The summed E-state index contributed by atoms with van der Waals surface area (Å²) in [6.07, 6.45) is 0.368. The highest BCUT2D eigenvalue weighted by Gasteiger charge is 2.24. The Morgan fingerprint density at radius 1 is 0.966 bits per heavy atom. The summed E-state index contributed by atoms with van der Waals surface area (Å²) in [7, 11) is 1.61. The number of para-hydroxylation sites is 2. The maximum atomic E-state index is 12.6. The number of carbonyl (C=O) groups is 3. The van der Waals surface area contributed by atoms with Gasteiger partial charge in [0, 0.05) is 12.7 Å². The number of rotatable bonds is 6. The minimum atomic E-state index is -1.01. The number of likely N-dealkylation sites (N-methyl/N-ethyl adjacent to an activating group) is 1. The lowest BCUT2D eigenvalue weighted by Crippen LogP contribution is -2.37. The van der Waals surface area contributed by atoms with Gasteiger partial charge >= 0.3 is 5.97 Å². The van der Waals surface area contributed by atoms with E-state index < -0.39 is 18.0 Å². The van der Waals surface area contributed by atoms with E-state index in [0.29, 0.717) is 5.69 Å². The molecule has 7 heteroatoms. The largest absolute Gasteiger partial charge is 0.459 e. The summed E-state index contributed by atoms with van der Waals surface area (Å²) in [6.45, 7) is 1.50. The van der Waals surface area contributed by atoms with Crippen LogP contribution in [0.1, 0.15) is 27.8 Å². The minimum absolute atomic E-state index is 0.112. The summed E-state index contributed by atoms with van der Waals surface area (Å²) in [4.78, 5) is 38.9. The maximum Gasteiger partial charge on any atom is 0.341 e. The molecule has 0 fully saturated rings. The first kappa shape index (κ1) is 19.9. The number of benzene rings is 2. The summed E-state index contributed by atoms with van der Waals surface area (Å²) >= 11 is 0. The molecule has 0 saturated carbocycles. The molecule has 3 rings (SSSR count). The monoisotopic (exact) mass is 392 g/mol. The van der Waals surface area contributed by atoms with Gasteiger partial charge in [-0.25, -0.2) is 4.79 Å². The molecule has 1 heterocycles. The summed E-state index contributed by atoms with van der Waals surface area (Å²) in [5.74, 6) is -1.48. The van der Waals surface area contributed by atoms with Gasteiger partial charge in [0.05, 0.1) is 17.5 Å². The molecule has 1 aromatic heterocycles. The highest BCUT2D eigenvalue weighted by Crippen LogP contribution is 2.19. The summed E-state index contributed by atoms with van der Waals surface area (Å²) in [5.41, 5.74) is 1.08. The highest BCUT2D eigenvalue weighted by atomic mass is 16.5. The zero-order valence-electron chi connectivity index (χ0n) is 16.0. The van der Waals surface area contributed by atoms with E-state index in [9.17, 15) is 14.4 Å². The van der Waals surface area contributed by atoms with Gasteiger partial charge in [-0.15, -0.1) is 0 Å². The normalized spacial score (nSPS) is 11.4. The van der Waals surface area contributed by atoms with Crippen LogP contribution in [0.2, 0.25) is 0 Å². The molecule has 0 radical (unpaired) electrons. The third-order valence-electron chi connectivity index (χ3n) is 4.25. The Bertz CT molecular complexity index is 999. The van der Waals surface area contributed by atoms with Gasteiger partial charge in [-0.3, -0.25) is 9.59 Å². The zero-order valence-corrected chi connectivity index (χ0v) is 16.0. The molecule has 2 amide bonds. The molecule has 0 saturated heterocycles. The molecule has 148 valence electrons. The van der Waals surface area contributed by atoms with Crippen molar-refractivity contribution in [2.45, 2.75) is 13.0 Å². The van der Waals surface area contributed by atoms with Crippen LogP contribution in [-0.4, -0.2) is 30.9 Å². The quantitative estimate of drug-likeness (QED) is 0.646. The van der Waals surface area contributed by atoms with Crippen LogP contribution in [0.15, 0.2) is 77.4 Å². The molecule has 0 spiro atoms. The number of furan rings is 1. The van der Waals surface area contributed by atoms with Gasteiger partial charge in [0.2, 0.25) is 0 Å². The average Bonchev–Trinajstić information content (AvgIpc) is 3.28. The van der Waals surface area contributed by atoms with Crippen molar-refractivity contribution in [3.8, 4) is 0 Å². The van der Waals surface area contributed by atoms with Crippen molar-refractivity contribution in [1.82, 2.24) is 0 Å². The summed E-state index contributed by atoms with van der Waals surface area (Å²) < 4.78 is 10.4. The van der Waals surface area contributed by atoms with E-state index in [1.807, 2.05) is 18.2 Å². The molecule has 0 aliphatic heterocycles. The third-order valence-corrected chi connectivity index (χ3v) is 4.25. The Morgan fingerprint density at radius 3 is 2.34 bits per heavy atom. The molecule has 1 N–H and O–H groups in total. The number of ether oxygens (including phenoxy) is 1. The fourth-order valence-electron chi connectivity index (χ4n) is 2.69. The van der Waals surface area contributed by atoms with Crippen LogP contribution in [0.3, 0.4) is 0 Å². The number of nitrogens with zero attached hydrogens (tertiary/aromatic N) is 1. The average molecular weight is 392 g/mol. The van der Waals surface area contributed by atoms with Crippen molar-refractivity contribution in [3.63, 3.8) is 0 Å². The van der Waals surface area contributed by atoms with Crippen LogP contribution in [-0.2, 0) is 9.53 Å². The second kappa shape index (κ2) is 8.88. The van der Waals surface area contributed by atoms with E-state index in [-0.39, 0.29) is 22.9 Å². The fourth-order valence-corrected chi connectivity index (χ4v) is 2.69. The highest BCUT2D eigenvalue weighted by molar-refractivity contribution is 6.07. The molecule has 29 heavy (non-hydrogen) atoms. The second-order valence-electron chi connectivity index (χ2n) is 6.26. The number of amides is 2. The topological polar surface area (TPSA) is 88.8 Å². The van der Waals surface area contributed by atoms with Crippen LogP contribution in [0.4, 0.5) is 11.4 Å². The van der Waals surface area contributed by atoms with Crippen LogP contribution in [0.25, 0.3) is 0 Å². The number of hydrogen-bond donors (Lipinski definition) is 1. The standard InChI is InChI=1S/C22H20N2O5/c1-15(21(26)24(2)16-9-4-3-5-10-16)29-22(27)17-11-6-7-12-18(17)23-20(25)19-13-8-14-28-19/h3-15H,1-2H3,(H,23,25). The van der Waals surface area contributed by atoms with E-state index >= 15 is 0 Å². The number of hydrogen-bond acceptors (Lipinski definition) is 5. The van der Waals surface area contributed by atoms with Crippen molar-refractivity contribution in [1.29, 1.82) is 0 Å². The molecule has 3 aromatic rings. The minimum Gasteiger partial charge on any atom is -0.459 e. The van der Waals surface area contributed by atoms with Crippen molar-refractivity contribution < 1.29 is 23.5 Å². The maximum absolute atomic E-state index is 12.6. The first-order chi connectivity index (χ1) is 14.0. The smallest absolute Gasteiger partial charge is 0.341 e. The second-order valence-corrected chi connectivity index (χ2v) is 6.26. The number of nitrogens with one attached hydrogen (secondary N) is 1. The lowest BCUT2D eigenvalue weighted by atomic mass is 10.1. The molecule has 1 unspecified atom stereocenters. The predicted octanol–water partition coefficient (Wildman–Crippen LogP) is 3.74. The molecule has 1 atom stereocenters. The first-order valence-electron chi connectivity index (χ1n) is 8.95. The number of esters is 1. The Kier molecular flexibility index (Phi) is 6.09. The van der Waals surface area contributed by atoms with E-state index in [2.05, 4.69) is 5.32 Å². The van der Waals surface area contributed by atoms with Crippen LogP contribution >= 0.6 is 0 Å². The number of anilines is 2. The third kappa shape index (κ3) is 4.70. The predicted molar refractivity (Wildman–Crippen MR) is 108 cm³/mol. The molecular weight excluding hydrogens is 372 g/mol. The van der Waals surface area contributed by atoms with Gasteiger partial charge in [-0.1, -0.05) is 30.3 Å². The van der Waals surface area contributed by atoms with Gasteiger partial charge < -0.3 is 19.4 Å². The first-order valence-corrected chi connectivity index (χ1v) is 8.95. The van der Waals surface area contributed by atoms with Gasteiger partial charge in [0.15, 0.2) is 11.9 Å². The Balaban J connectivity index is 1.70. The lowest BCUT2D eigenvalue weighted by Gasteiger charge is -2.22. The van der Waals surface area contributed by atoms with Crippen LogP contribution < -0.4 is 10.2 Å². The van der Waals surface area contributed by atoms with Crippen molar-refractivity contribution in [2.75, 3.05) is 17.3 Å². The lowest BCUT2D eigenvalue weighted by molar-refractivity contribution is -0.126. The van der Waals surface area contributed by atoms with Gasteiger partial charge in [0.25, 0.3) is 11.8 Å². The van der Waals surface area contributed by atoms with E-state index in [1.54, 1.807) is 43.4 Å². The van der Waals surface area contributed by atoms with E-state index in [4.69, 9.17) is 9.15 Å². The Morgan fingerprint density at radius 2 is 1.66 bits per heavy atom. The van der Waals surface area contributed by atoms with Crippen LogP contribution in [0.5, 0.6) is 0 Å². The summed E-state index contributed by atoms with van der Waals surface area (Å²) in [5, 5.41) is 2.62. The number of carbonyl (C=O) groups excluding carboxylic acids is 3. The van der Waals surface area contributed by atoms with Crippen LogP contribution in [0, 0.1) is 0 Å². The molecular formula is C22H20N2O5. The molecule has 0 bridgehead atoms. The van der Waals surface area contributed by atoms with E-state index in [0.717, 1.165) is 0 Å². The molecule has 0 aliphatic rings. The SMILES string of the molecule is CC(OC(=O)c1ccccc1NC(=O)c1ccco1)C(=O)N(C)c1ccccc1. The Hall–Kier alpha value is -3.87. The molecule has 2 aromatic carbocycles. The van der Waals surface area contributed by atoms with Gasteiger partial charge in [-0.05, 0) is 43.3 Å². The van der Waals surface area contributed by atoms with Gasteiger partial charge in [0.1, 0.15) is 0 Å². The van der Waals surface area contributed by atoms with Crippen molar-refractivity contribution >= 4 is 29.2 Å². The zero-order chi connectivity index (χ0) is 20.8. The van der Waals surface area contributed by atoms with Crippen molar-refractivity contribution in [3.05, 3.63) is 84.3 Å². The van der Waals surface area contributed by atoms with Gasteiger partial charge in [-0.2, -0.15) is 0 Å². The summed E-state index contributed by atoms with van der Waals surface area (Å²) in [6, 6.07) is 18.5. The molecule has 0 aliphatic carbocycles. The fraction of sp³-hybridized carbons (Fsp3) is 0.136. The van der Waals surface area contributed by atoms with Crippen molar-refractivity contribution in [2.24, 2.45) is 0 Å². The Labute approximate surface area is 167 Å². The van der Waals surface area contributed by atoms with E-state index in [1.165, 1.54) is 30.2 Å².